The Labute approximate surface area is 176 Å². The van der Waals surface area contributed by atoms with Crippen LogP contribution in [0.2, 0.25) is 19.6 Å². The lowest BCUT2D eigenvalue weighted by Crippen LogP contribution is -2.50. The normalized spacial score (nSPS) is 22.7. The van der Waals surface area contributed by atoms with Crippen molar-refractivity contribution in [3.05, 3.63) is 77.0 Å². The van der Waals surface area contributed by atoms with Crippen molar-refractivity contribution in [1.82, 2.24) is 4.31 Å². The average molecular weight is 430 g/mol. The van der Waals surface area contributed by atoms with Crippen LogP contribution >= 0.6 is 0 Å². The minimum Gasteiger partial charge on any atom is -0.385 e. The minimum absolute atomic E-state index is 0.240. The zero-order valence-electron chi connectivity index (χ0n) is 17.7. The fourth-order valence-corrected chi connectivity index (χ4v) is 6.61. The van der Waals surface area contributed by atoms with Crippen LogP contribution in [-0.2, 0) is 16.4 Å². The van der Waals surface area contributed by atoms with Gasteiger partial charge in [0, 0.05) is 19.5 Å². The van der Waals surface area contributed by atoms with Gasteiger partial charge in [-0.3, -0.25) is 0 Å². The number of nitrogens with zero attached hydrogens (tertiary/aromatic N) is 1. The summed E-state index contributed by atoms with van der Waals surface area (Å²) in [7, 11) is -5.26. The molecule has 1 unspecified atom stereocenters. The second-order valence-corrected chi connectivity index (χ2v) is 16.1. The lowest BCUT2D eigenvalue weighted by molar-refractivity contribution is 0.0438. The number of benzene rings is 2. The SMILES string of the molecule is Cc1ccc(S(=O)(=O)N2CCC(O)(Cc3ccccc3)/C(=C/[Si](C)(C)C)C2)cc1. The van der Waals surface area contributed by atoms with Crippen molar-refractivity contribution in [3.63, 3.8) is 0 Å². The van der Waals surface area contributed by atoms with E-state index in [1.165, 1.54) is 4.31 Å². The molecule has 1 N–H and O–H groups in total. The van der Waals surface area contributed by atoms with Gasteiger partial charge in [0.15, 0.2) is 0 Å². The fraction of sp³-hybridized carbons (Fsp3) is 0.391. The maximum absolute atomic E-state index is 13.2. The molecule has 29 heavy (non-hydrogen) atoms. The van der Waals surface area contributed by atoms with E-state index in [9.17, 15) is 13.5 Å². The molecule has 4 nitrogen and oxygen atoms in total. The second-order valence-electron chi connectivity index (χ2n) is 9.13. The van der Waals surface area contributed by atoms with Crippen molar-refractivity contribution in [2.75, 3.05) is 13.1 Å². The molecule has 2 aromatic carbocycles. The van der Waals surface area contributed by atoms with Crippen LogP contribution in [0.25, 0.3) is 0 Å². The van der Waals surface area contributed by atoms with Gasteiger partial charge in [-0.2, -0.15) is 4.31 Å². The van der Waals surface area contributed by atoms with E-state index in [0.29, 0.717) is 24.3 Å². The summed E-state index contributed by atoms with van der Waals surface area (Å²) in [5.41, 5.74) is 4.08. The number of aryl methyl sites for hydroxylation is 1. The summed E-state index contributed by atoms with van der Waals surface area (Å²) in [5, 5.41) is 11.6. The van der Waals surface area contributed by atoms with Crippen LogP contribution in [0.5, 0.6) is 0 Å². The number of aliphatic hydroxyl groups is 1. The van der Waals surface area contributed by atoms with Crippen LogP contribution in [0.4, 0.5) is 0 Å². The zero-order chi connectivity index (χ0) is 21.3. The Kier molecular flexibility index (Phi) is 6.20. The molecule has 0 spiro atoms. The lowest BCUT2D eigenvalue weighted by Gasteiger charge is -2.41. The van der Waals surface area contributed by atoms with E-state index in [0.717, 1.165) is 16.7 Å². The third-order valence-corrected chi connectivity index (χ3v) is 8.40. The Morgan fingerprint density at radius 1 is 1.07 bits per heavy atom. The maximum Gasteiger partial charge on any atom is 0.243 e. The van der Waals surface area contributed by atoms with E-state index in [4.69, 9.17) is 0 Å². The molecular weight excluding hydrogens is 398 g/mol. The van der Waals surface area contributed by atoms with E-state index >= 15 is 0 Å². The third-order valence-electron chi connectivity index (χ3n) is 5.32. The number of hydrogen-bond acceptors (Lipinski definition) is 3. The Hall–Kier alpha value is -1.73. The van der Waals surface area contributed by atoms with Crippen LogP contribution in [0.1, 0.15) is 17.5 Å². The molecule has 0 aliphatic carbocycles. The maximum atomic E-state index is 13.2. The number of sulfonamides is 1. The van der Waals surface area contributed by atoms with Gasteiger partial charge in [0.05, 0.1) is 18.6 Å². The molecule has 0 saturated carbocycles. The molecule has 1 aliphatic heterocycles. The number of hydrogen-bond donors (Lipinski definition) is 1. The molecule has 0 bridgehead atoms. The topological polar surface area (TPSA) is 57.6 Å². The first-order chi connectivity index (χ1) is 13.5. The minimum atomic E-state index is -3.59. The second kappa shape index (κ2) is 8.18. The first kappa shape index (κ1) is 22.0. The summed E-state index contributed by atoms with van der Waals surface area (Å²) in [6.07, 6.45) is 0.895. The van der Waals surface area contributed by atoms with E-state index in [1.54, 1.807) is 12.1 Å². The summed E-state index contributed by atoms with van der Waals surface area (Å²) < 4.78 is 27.9. The summed E-state index contributed by atoms with van der Waals surface area (Å²) in [6.45, 7) is 9.10. The van der Waals surface area contributed by atoms with Crippen LogP contribution in [-0.4, -0.2) is 44.6 Å². The summed E-state index contributed by atoms with van der Waals surface area (Å²) >= 11 is 0. The summed E-state index contributed by atoms with van der Waals surface area (Å²) in [6, 6.07) is 16.9. The molecule has 0 aromatic heterocycles. The Morgan fingerprint density at radius 2 is 1.69 bits per heavy atom. The van der Waals surface area contributed by atoms with Crippen LogP contribution < -0.4 is 0 Å². The van der Waals surface area contributed by atoms with Gasteiger partial charge >= 0.3 is 0 Å². The summed E-state index contributed by atoms with van der Waals surface area (Å²) in [4.78, 5) is 0.309. The first-order valence-corrected chi connectivity index (χ1v) is 15.1. The predicted molar refractivity (Wildman–Crippen MR) is 121 cm³/mol. The predicted octanol–water partition coefficient (Wildman–Crippen LogP) is 4.17. The quantitative estimate of drug-likeness (QED) is 0.726. The molecule has 1 fully saturated rings. The highest BCUT2D eigenvalue weighted by Gasteiger charge is 2.41. The highest BCUT2D eigenvalue weighted by Crippen LogP contribution is 2.34. The molecule has 156 valence electrons. The molecule has 1 saturated heterocycles. The van der Waals surface area contributed by atoms with E-state index in [-0.39, 0.29) is 6.54 Å². The molecule has 1 aliphatic rings. The van der Waals surface area contributed by atoms with E-state index in [2.05, 4.69) is 25.3 Å². The van der Waals surface area contributed by atoms with Gasteiger partial charge in [-0.25, -0.2) is 8.42 Å². The lowest BCUT2D eigenvalue weighted by atomic mass is 9.82. The van der Waals surface area contributed by atoms with Crippen LogP contribution in [0, 0.1) is 6.92 Å². The van der Waals surface area contributed by atoms with Crippen LogP contribution in [0.3, 0.4) is 0 Å². The zero-order valence-corrected chi connectivity index (χ0v) is 19.5. The molecule has 1 atom stereocenters. The van der Waals surface area contributed by atoms with Gasteiger partial charge < -0.3 is 5.11 Å². The van der Waals surface area contributed by atoms with Gasteiger partial charge in [0.2, 0.25) is 10.0 Å². The van der Waals surface area contributed by atoms with Gasteiger partial charge in [-0.15, -0.1) is 0 Å². The number of piperidine rings is 1. The van der Waals surface area contributed by atoms with Crippen LogP contribution in [0.15, 0.2) is 70.8 Å². The standard InChI is InChI=1S/C23H31NO3SSi/c1-19-10-12-22(13-11-19)28(26,27)24-15-14-23(25,16-20-8-6-5-7-9-20)21(17-24)18-29(2,3)4/h5-13,18,25H,14-17H2,1-4H3/b21-18+. The molecule has 2 aromatic rings. The van der Waals surface area contributed by atoms with Crippen molar-refractivity contribution in [2.45, 2.75) is 49.9 Å². The molecule has 0 amide bonds. The first-order valence-electron chi connectivity index (χ1n) is 10.0. The molecule has 1 heterocycles. The van der Waals surface area contributed by atoms with Gasteiger partial charge in [0.25, 0.3) is 0 Å². The van der Waals surface area contributed by atoms with Crippen molar-refractivity contribution in [3.8, 4) is 0 Å². The monoisotopic (exact) mass is 429 g/mol. The largest absolute Gasteiger partial charge is 0.385 e. The Bertz CT molecular complexity index is 979. The van der Waals surface area contributed by atoms with Crippen molar-refractivity contribution in [2.24, 2.45) is 0 Å². The Balaban J connectivity index is 1.93. The van der Waals surface area contributed by atoms with Crippen molar-refractivity contribution < 1.29 is 13.5 Å². The highest BCUT2D eigenvalue weighted by atomic mass is 32.2. The van der Waals surface area contributed by atoms with Crippen molar-refractivity contribution in [1.29, 1.82) is 0 Å². The fourth-order valence-electron chi connectivity index (χ4n) is 3.79. The molecule has 0 radical (unpaired) electrons. The molecular formula is C23H31NO3SSi. The van der Waals surface area contributed by atoms with E-state index in [1.807, 2.05) is 49.4 Å². The highest BCUT2D eigenvalue weighted by molar-refractivity contribution is 7.89. The summed E-state index contributed by atoms with van der Waals surface area (Å²) in [5.74, 6) is 0. The number of rotatable bonds is 5. The third kappa shape index (κ3) is 5.25. The molecule has 3 rings (SSSR count). The van der Waals surface area contributed by atoms with Gasteiger partial charge in [0.1, 0.15) is 0 Å². The Morgan fingerprint density at radius 3 is 2.28 bits per heavy atom. The smallest absolute Gasteiger partial charge is 0.243 e. The average Bonchev–Trinajstić information content (AvgIpc) is 2.63. The van der Waals surface area contributed by atoms with Gasteiger partial charge in [-0.05, 0) is 36.6 Å². The van der Waals surface area contributed by atoms with E-state index < -0.39 is 23.7 Å². The van der Waals surface area contributed by atoms with Crippen molar-refractivity contribution >= 4 is 18.1 Å². The molecule has 6 heteroatoms. The van der Waals surface area contributed by atoms with Gasteiger partial charge in [-0.1, -0.05) is 73.4 Å².